The molecule has 0 saturated carbocycles. The van der Waals surface area contributed by atoms with Gasteiger partial charge in [-0.25, -0.2) is 4.98 Å². The van der Waals surface area contributed by atoms with Crippen molar-refractivity contribution in [2.45, 2.75) is 32.9 Å². The number of carbonyl (C=O) groups excluding carboxylic acids is 1. The maximum Gasteiger partial charge on any atom is 0.223 e. The highest BCUT2D eigenvalue weighted by atomic mass is 16.5. The Morgan fingerprint density at radius 3 is 2.58 bits per heavy atom. The fraction of sp³-hybridized carbons (Fsp3) is 0.296. The zero-order valence-corrected chi connectivity index (χ0v) is 18.8. The predicted octanol–water partition coefficient (Wildman–Crippen LogP) is 4.37. The number of rotatable bonds is 7. The highest BCUT2D eigenvalue weighted by Crippen LogP contribution is 2.22. The third-order valence-electron chi connectivity index (χ3n) is 5.94. The minimum Gasteiger partial charge on any atom is -0.489 e. The maximum atomic E-state index is 12.6. The second kappa shape index (κ2) is 10.6. The Labute approximate surface area is 194 Å². The number of aryl methyl sites for hydroxylation is 1. The highest BCUT2D eigenvalue weighted by Gasteiger charge is 2.25. The molecule has 1 N–H and O–H groups in total. The van der Waals surface area contributed by atoms with Crippen LogP contribution in [0.25, 0.3) is 0 Å². The molecular weight excluding hydrogens is 412 g/mol. The van der Waals surface area contributed by atoms with Crippen LogP contribution in [0.5, 0.6) is 5.75 Å². The molecule has 2 aromatic carbocycles. The van der Waals surface area contributed by atoms with E-state index in [9.17, 15) is 4.79 Å². The Morgan fingerprint density at radius 2 is 1.91 bits per heavy atom. The quantitative estimate of drug-likeness (QED) is 0.590. The number of amides is 1. The van der Waals surface area contributed by atoms with Gasteiger partial charge in [0.25, 0.3) is 0 Å². The fourth-order valence-electron chi connectivity index (χ4n) is 4.02. The predicted molar refractivity (Wildman–Crippen MR) is 128 cm³/mol. The van der Waals surface area contributed by atoms with Crippen LogP contribution in [0.2, 0.25) is 0 Å². The lowest BCUT2D eigenvalue weighted by atomic mass is 9.95. The van der Waals surface area contributed by atoms with Crippen molar-refractivity contribution in [2.24, 2.45) is 5.92 Å². The molecule has 0 radical (unpaired) electrons. The van der Waals surface area contributed by atoms with Crippen LogP contribution in [0.3, 0.4) is 0 Å². The van der Waals surface area contributed by atoms with E-state index < -0.39 is 0 Å². The van der Waals surface area contributed by atoms with E-state index in [1.54, 1.807) is 12.3 Å². The summed E-state index contributed by atoms with van der Waals surface area (Å²) < 4.78 is 5.87. The Balaban J connectivity index is 1.20. The zero-order valence-electron chi connectivity index (χ0n) is 18.8. The largest absolute Gasteiger partial charge is 0.489 e. The molecule has 1 fully saturated rings. The summed E-state index contributed by atoms with van der Waals surface area (Å²) in [6.45, 7) is 4.68. The lowest BCUT2D eigenvalue weighted by Crippen LogP contribution is -2.40. The molecule has 0 aliphatic carbocycles. The van der Waals surface area contributed by atoms with Crippen LogP contribution < -0.4 is 15.0 Å². The summed E-state index contributed by atoms with van der Waals surface area (Å²) in [4.78, 5) is 19.2. The van der Waals surface area contributed by atoms with Gasteiger partial charge in [-0.1, -0.05) is 42.0 Å². The minimum atomic E-state index is 0.0107. The Kier molecular flexibility index (Phi) is 7.21. The van der Waals surface area contributed by atoms with E-state index in [0.717, 1.165) is 48.6 Å². The summed E-state index contributed by atoms with van der Waals surface area (Å²) in [5, 5.41) is 12.0. The van der Waals surface area contributed by atoms with Gasteiger partial charge in [-0.15, -0.1) is 0 Å². The number of carbonyl (C=O) groups is 1. The molecule has 1 aromatic heterocycles. The minimum absolute atomic E-state index is 0.0107. The monoisotopic (exact) mass is 440 g/mol. The molecule has 1 amide bonds. The van der Waals surface area contributed by atoms with Crippen LogP contribution >= 0.6 is 0 Å². The normalized spacial score (nSPS) is 13.9. The first kappa shape index (κ1) is 22.3. The molecule has 1 saturated heterocycles. The first-order chi connectivity index (χ1) is 16.1. The Hall–Kier alpha value is -3.85. The van der Waals surface area contributed by atoms with Crippen LogP contribution in [-0.2, 0) is 17.9 Å². The number of benzene rings is 2. The molecule has 6 heteroatoms. The number of aromatic nitrogens is 1. The van der Waals surface area contributed by atoms with Crippen molar-refractivity contribution in [2.75, 3.05) is 18.0 Å². The van der Waals surface area contributed by atoms with Gasteiger partial charge in [0, 0.05) is 31.7 Å². The van der Waals surface area contributed by atoms with Crippen LogP contribution in [0.1, 0.15) is 35.1 Å². The second-order valence-electron chi connectivity index (χ2n) is 8.42. The number of anilines is 1. The van der Waals surface area contributed by atoms with E-state index in [2.05, 4.69) is 46.4 Å². The molecule has 33 heavy (non-hydrogen) atoms. The topological polar surface area (TPSA) is 78.2 Å². The van der Waals surface area contributed by atoms with Crippen LogP contribution in [0, 0.1) is 24.2 Å². The summed E-state index contributed by atoms with van der Waals surface area (Å²) in [5.74, 6) is 1.78. The van der Waals surface area contributed by atoms with Crippen molar-refractivity contribution in [3.63, 3.8) is 0 Å². The molecular formula is C27H28N4O2. The van der Waals surface area contributed by atoms with Crippen LogP contribution in [0.4, 0.5) is 5.82 Å². The third-order valence-corrected chi connectivity index (χ3v) is 5.94. The van der Waals surface area contributed by atoms with Crippen LogP contribution in [-0.4, -0.2) is 24.0 Å². The van der Waals surface area contributed by atoms with Crippen molar-refractivity contribution in [3.05, 3.63) is 89.1 Å². The molecule has 0 unspecified atom stereocenters. The molecule has 3 aromatic rings. The number of nitrogens with zero attached hydrogens (tertiary/aromatic N) is 3. The molecule has 1 aliphatic rings. The van der Waals surface area contributed by atoms with E-state index in [1.807, 2.05) is 36.4 Å². The van der Waals surface area contributed by atoms with Gasteiger partial charge in [0.15, 0.2) is 0 Å². The van der Waals surface area contributed by atoms with Gasteiger partial charge in [-0.2, -0.15) is 5.26 Å². The van der Waals surface area contributed by atoms with Crippen molar-refractivity contribution >= 4 is 11.7 Å². The number of piperidine rings is 1. The molecule has 6 nitrogen and oxygen atoms in total. The van der Waals surface area contributed by atoms with E-state index >= 15 is 0 Å². The maximum absolute atomic E-state index is 12.6. The van der Waals surface area contributed by atoms with Gasteiger partial charge < -0.3 is 15.0 Å². The fourth-order valence-corrected chi connectivity index (χ4v) is 4.02. The number of pyridine rings is 1. The average molecular weight is 441 g/mol. The van der Waals surface area contributed by atoms with Gasteiger partial charge >= 0.3 is 0 Å². The van der Waals surface area contributed by atoms with Crippen molar-refractivity contribution < 1.29 is 9.53 Å². The number of nitrogens with one attached hydrogen (secondary N) is 1. The summed E-state index contributed by atoms with van der Waals surface area (Å²) in [6.07, 6.45) is 3.17. The number of hydrogen-bond acceptors (Lipinski definition) is 5. The van der Waals surface area contributed by atoms with Gasteiger partial charge in [0.1, 0.15) is 24.2 Å². The summed E-state index contributed by atoms with van der Waals surface area (Å²) >= 11 is 0. The smallest absolute Gasteiger partial charge is 0.223 e. The highest BCUT2D eigenvalue weighted by molar-refractivity contribution is 5.79. The van der Waals surface area contributed by atoms with Crippen molar-refractivity contribution in [1.82, 2.24) is 10.3 Å². The number of hydrogen-bond donors (Lipinski definition) is 1. The SMILES string of the molecule is Cc1cccc(COc2ccc(CNC(=O)C3CCN(c4ccc(C#N)cn4)CC3)cc2)c1. The van der Waals surface area contributed by atoms with E-state index in [0.29, 0.717) is 18.7 Å². The molecule has 0 spiro atoms. The lowest BCUT2D eigenvalue weighted by Gasteiger charge is -2.32. The van der Waals surface area contributed by atoms with Gasteiger partial charge in [-0.05, 0) is 55.2 Å². The van der Waals surface area contributed by atoms with Gasteiger partial charge in [0.2, 0.25) is 5.91 Å². The molecule has 168 valence electrons. The average Bonchev–Trinajstić information content (AvgIpc) is 2.87. The first-order valence-electron chi connectivity index (χ1n) is 11.3. The molecule has 0 bridgehead atoms. The first-order valence-corrected chi connectivity index (χ1v) is 11.3. The molecule has 1 aliphatic heterocycles. The number of nitriles is 1. The van der Waals surface area contributed by atoms with Gasteiger partial charge in [-0.3, -0.25) is 4.79 Å². The molecule has 2 heterocycles. The van der Waals surface area contributed by atoms with E-state index in [1.165, 1.54) is 5.56 Å². The number of ether oxygens (including phenoxy) is 1. The Morgan fingerprint density at radius 1 is 1.12 bits per heavy atom. The molecule has 4 rings (SSSR count). The zero-order chi connectivity index (χ0) is 23.0. The summed E-state index contributed by atoms with van der Waals surface area (Å²) in [7, 11) is 0. The lowest BCUT2D eigenvalue weighted by molar-refractivity contribution is -0.125. The van der Waals surface area contributed by atoms with Crippen molar-refractivity contribution in [3.8, 4) is 11.8 Å². The van der Waals surface area contributed by atoms with E-state index in [4.69, 9.17) is 10.00 Å². The third kappa shape index (κ3) is 6.11. The standard InChI is InChI=1S/C27H28N4O2/c1-20-3-2-4-22(15-20)19-33-25-8-5-21(6-9-25)17-30-27(32)24-11-13-31(14-12-24)26-10-7-23(16-28)18-29-26/h2-10,15,18,24H,11-14,17,19H2,1H3,(H,30,32). The second-order valence-corrected chi connectivity index (χ2v) is 8.42. The summed E-state index contributed by atoms with van der Waals surface area (Å²) in [5.41, 5.74) is 3.97. The van der Waals surface area contributed by atoms with Crippen molar-refractivity contribution in [1.29, 1.82) is 5.26 Å². The Bertz CT molecular complexity index is 1110. The van der Waals surface area contributed by atoms with Crippen LogP contribution in [0.15, 0.2) is 66.9 Å². The molecule has 0 atom stereocenters. The van der Waals surface area contributed by atoms with Gasteiger partial charge in [0.05, 0.1) is 5.56 Å². The summed E-state index contributed by atoms with van der Waals surface area (Å²) in [6, 6.07) is 21.9. The van der Waals surface area contributed by atoms with E-state index in [-0.39, 0.29) is 11.8 Å².